The Morgan fingerprint density at radius 1 is 1.41 bits per heavy atom. The van der Waals surface area contributed by atoms with Crippen LogP contribution in [0.1, 0.15) is 38.2 Å². The third kappa shape index (κ3) is 3.50. The Balaban J connectivity index is 1.66. The summed E-state index contributed by atoms with van der Waals surface area (Å²) in [5, 5.41) is 12.6. The third-order valence-electron chi connectivity index (χ3n) is 6.60. The summed E-state index contributed by atoms with van der Waals surface area (Å²) in [7, 11) is 1.52. The van der Waals surface area contributed by atoms with Crippen molar-refractivity contribution in [3.63, 3.8) is 0 Å². The van der Waals surface area contributed by atoms with Gasteiger partial charge in [-0.2, -0.15) is 5.26 Å². The van der Waals surface area contributed by atoms with Crippen LogP contribution in [0.3, 0.4) is 0 Å². The van der Waals surface area contributed by atoms with E-state index in [1.165, 1.54) is 14.0 Å². The number of ether oxygens (including phenoxy) is 1. The zero-order valence-corrected chi connectivity index (χ0v) is 16.9. The molecule has 3 aliphatic heterocycles. The van der Waals surface area contributed by atoms with Crippen molar-refractivity contribution in [2.45, 2.75) is 44.7 Å². The van der Waals surface area contributed by atoms with Gasteiger partial charge in [0, 0.05) is 45.2 Å². The van der Waals surface area contributed by atoms with Crippen molar-refractivity contribution in [2.24, 2.45) is 11.8 Å². The van der Waals surface area contributed by atoms with Crippen molar-refractivity contribution < 1.29 is 14.3 Å². The predicted molar refractivity (Wildman–Crippen MR) is 106 cm³/mol. The lowest BCUT2D eigenvalue weighted by atomic mass is 9.72. The number of pyridine rings is 1. The summed E-state index contributed by atoms with van der Waals surface area (Å²) in [4.78, 5) is 32.8. The quantitative estimate of drug-likeness (QED) is 0.822. The monoisotopic (exact) mass is 397 g/mol. The van der Waals surface area contributed by atoms with Crippen molar-refractivity contribution >= 4 is 17.5 Å². The standard InChI is InChI=1S/C21H27N5O3/c1-13(27)24-10-19-15-8-14(17-4-3-5-20(28)26(17)19)11-25(12-15)18-6-7-23-21(29-2)16(18)9-22/h6-7,14-15,17,19H,3-5,8,10-12H2,1-2H3,(H,24,27)/t14-,15+,17+,19+/m1/s1. The molecule has 154 valence electrons. The lowest BCUT2D eigenvalue weighted by Gasteiger charge is -2.57. The molecule has 1 aromatic rings. The second kappa shape index (κ2) is 7.90. The molecule has 2 amide bonds. The molecule has 0 unspecified atom stereocenters. The number of nitrogens with one attached hydrogen (secondary N) is 1. The maximum atomic E-state index is 12.8. The second-order valence-corrected chi connectivity index (χ2v) is 8.25. The number of rotatable bonds is 4. The van der Waals surface area contributed by atoms with Crippen molar-refractivity contribution in [2.75, 3.05) is 31.6 Å². The number of carbonyl (C=O) groups is 2. The minimum atomic E-state index is -0.0774. The molecule has 4 heterocycles. The van der Waals surface area contributed by atoms with Crippen LogP contribution in [0, 0.1) is 23.2 Å². The first kappa shape index (κ1) is 19.5. The lowest BCUT2D eigenvalue weighted by molar-refractivity contribution is -0.149. The van der Waals surface area contributed by atoms with Crippen LogP contribution in [0.15, 0.2) is 12.3 Å². The summed E-state index contributed by atoms with van der Waals surface area (Å²) >= 11 is 0. The number of aromatic nitrogens is 1. The highest BCUT2D eigenvalue weighted by molar-refractivity contribution is 5.78. The molecule has 2 bridgehead atoms. The van der Waals surface area contributed by atoms with Crippen LogP contribution in [0.2, 0.25) is 0 Å². The first-order valence-electron chi connectivity index (χ1n) is 10.3. The van der Waals surface area contributed by atoms with Crippen LogP contribution in [0.5, 0.6) is 5.88 Å². The van der Waals surface area contributed by atoms with E-state index in [9.17, 15) is 14.9 Å². The number of methoxy groups -OCH3 is 1. The van der Waals surface area contributed by atoms with Gasteiger partial charge in [-0.3, -0.25) is 9.59 Å². The van der Waals surface area contributed by atoms with Gasteiger partial charge in [-0.25, -0.2) is 4.98 Å². The molecule has 3 aliphatic rings. The van der Waals surface area contributed by atoms with E-state index in [0.717, 1.165) is 38.0 Å². The average molecular weight is 397 g/mol. The van der Waals surface area contributed by atoms with Crippen LogP contribution < -0.4 is 15.0 Å². The van der Waals surface area contributed by atoms with Crippen molar-refractivity contribution in [1.82, 2.24) is 15.2 Å². The van der Waals surface area contributed by atoms with Crippen LogP contribution in [-0.2, 0) is 9.59 Å². The Hall–Kier alpha value is -2.82. The normalized spacial score (nSPS) is 28.4. The van der Waals surface area contributed by atoms with Gasteiger partial charge in [0.05, 0.1) is 18.8 Å². The highest BCUT2D eigenvalue weighted by Gasteiger charge is 2.49. The van der Waals surface area contributed by atoms with Gasteiger partial charge in [0.1, 0.15) is 11.6 Å². The fourth-order valence-corrected chi connectivity index (χ4v) is 5.44. The number of amides is 2. The van der Waals surface area contributed by atoms with Gasteiger partial charge in [-0.05, 0) is 37.2 Å². The van der Waals surface area contributed by atoms with Crippen LogP contribution in [0.25, 0.3) is 0 Å². The SMILES string of the molecule is COc1nccc(N2C[C@H]3C[C@@H](C2)[C@H](CNC(C)=O)N2C(=O)CCC[C@@H]32)c1C#N. The maximum absolute atomic E-state index is 12.8. The third-order valence-corrected chi connectivity index (χ3v) is 6.60. The number of hydrogen-bond acceptors (Lipinski definition) is 6. The van der Waals surface area contributed by atoms with Crippen molar-refractivity contribution in [1.29, 1.82) is 5.26 Å². The molecular weight excluding hydrogens is 370 g/mol. The highest BCUT2D eigenvalue weighted by Crippen LogP contribution is 2.43. The molecular formula is C21H27N5O3. The number of carbonyl (C=O) groups excluding carboxylic acids is 2. The van der Waals surface area contributed by atoms with E-state index in [-0.39, 0.29) is 29.8 Å². The molecule has 1 N–H and O–H groups in total. The Bertz CT molecular complexity index is 851. The van der Waals surface area contributed by atoms with Gasteiger partial charge in [0.25, 0.3) is 0 Å². The van der Waals surface area contributed by atoms with Gasteiger partial charge in [-0.1, -0.05) is 0 Å². The summed E-state index contributed by atoms with van der Waals surface area (Å²) in [6, 6.07) is 4.30. The van der Waals surface area contributed by atoms with Crippen molar-refractivity contribution in [3.05, 3.63) is 17.8 Å². The first-order valence-corrected chi connectivity index (χ1v) is 10.3. The Kier molecular flexibility index (Phi) is 5.31. The van der Waals surface area contributed by atoms with E-state index < -0.39 is 0 Å². The molecule has 0 spiro atoms. The summed E-state index contributed by atoms with van der Waals surface area (Å²) in [5.74, 6) is 1.07. The van der Waals surface area contributed by atoms with Gasteiger partial charge in [0.2, 0.25) is 17.7 Å². The molecule has 1 aromatic heterocycles. The number of piperidine rings is 3. The lowest BCUT2D eigenvalue weighted by Crippen LogP contribution is -2.67. The molecule has 0 aromatic carbocycles. The Morgan fingerprint density at radius 3 is 2.93 bits per heavy atom. The molecule has 4 rings (SSSR count). The fraction of sp³-hybridized carbons (Fsp3) is 0.619. The van der Waals surface area contributed by atoms with E-state index in [1.54, 1.807) is 6.20 Å². The summed E-state index contributed by atoms with van der Waals surface area (Å²) in [6.07, 6.45) is 5.22. The Labute approximate surface area is 170 Å². The number of nitriles is 1. The minimum absolute atomic E-state index is 0.00924. The zero-order valence-electron chi connectivity index (χ0n) is 16.9. The van der Waals surface area contributed by atoms with Crippen LogP contribution >= 0.6 is 0 Å². The number of hydrogen-bond donors (Lipinski definition) is 1. The molecule has 0 aliphatic carbocycles. The fourth-order valence-electron chi connectivity index (χ4n) is 5.44. The van der Waals surface area contributed by atoms with Gasteiger partial charge < -0.3 is 19.9 Å². The zero-order chi connectivity index (χ0) is 20.5. The van der Waals surface area contributed by atoms with Crippen molar-refractivity contribution in [3.8, 4) is 11.9 Å². The highest BCUT2D eigenvalue weighted by atomic mass is 16.5. The van der Waals surface area contributed by atoms with E-state index in [4.69, 9.17) is 4.74 Å². The second-order valence-electron chi connectivity index (χ2n) is 8.25. The first-order chi connectivity index (χ1) is 14.0. The molecule has 0 saturated carbocycles. The number of anilines is 1. The summed E-state index contributed by atoms with van der Waals surface area (Å²) in [6.45, 7) is 3.53. The molecule has 8 heteroatoms. The maximum Gasteiger partial charge on any atom is 0.233 e. The van der Waals surface area contributed by atoms with E-state index >= 15 is 0 Å². The van der Waals surface area contributed by atoms with Crippen LogP contribution in [0.4, 0.5) is 5.69 Å². The van der Waals surface area contributed by atoms with Crippen LogP contribution in [-0.4, -0.2) is 60.5 Å². The minimum Gasteiger partial charge on any atom is -0.480 e. The van der Waals surface area contributed by atoms with E-state index in [0.29, 0.717) is 30.3 Å². The average Bonchev–Trinajstić information content (AvgIpc) is 2.73. The topological polar surface area (TPSA) is 98.6 Å². The number of fused-ring (bicyclic) bond motifs is 4. The summed E-state index contributed by atoms with van der Waals surface area (Å²) < 4.78 is 5.29. The van der Waals surface area contributed by atoms with Gasteiger partial charge >= 0.3 is 0 Å². The molecule has 4 atom stereocenters. The van der Waals surface area contributed by atoms with Gasteiger partial charge in [0.15, 0.2) is 0 Å². The molecule has 29 heavy (non-hydrogen) atoms. The molecule has 3 saturated heterocycles. The summed E-state index contributed by atoms with van der Waals surface area (Å²) in [5.41, 5.74) is 1.29. The van der Waals surface area contributed by atoms with E-state index in [2.05, 4.69) is 26.2 Å². The largest absolute Gasteiger partial charge is 0.480 e. The smallest absolute Gasteiger partial charge is 0.233 e. The molecule has 0 radical (unpaired) electrons. The molecule has 3 fully saturated rings. The predicted octanol–water partition coefficient (Wildman–Crippen LogP) is 1.30. The molecule has 8 nitrogen and oxygen atoms in total. The number of nitrogens with zero attached hydrogens (tertiary/aromatic N) is 4. The van der Waals surface area contributed by atoms with Gasteiger partial charge in [-0.15, -0.1) is 0 Å². The van der Waals surface area contributed by atoms with E-state index in [1.807, 2.05) is 6.07 Å². The Morgan fingerprint density at radius 2 is 2.21 bits per heavy atom.